The number of unbranched alkanes of at least 4 members (excludes halogenated alkanes) is 14. The van der Waals surface area contributed by atoms with Gasteiger partial charge in [0.1, 0.15) is 37.4 Å². The normalized spacial score (nSPS) is 13.1. The first kappa shape index (κ1) is 81.7. The first-order valence-electron chi connectivity index (χ1n) is 30.3. The average molecular weight is 1280 g/mol. The van der Waals surface area contributed by atoms with Crippen molar-refractivity contribution in [1.29, 1.82) is 0 Å². The van der Waals surface area contributed by atoms with Gasteiger partial charge >= 0.3 is 29.8 Å². The van der Waals surface area contributed by atoms with E-state index in [4.69, 9.17) is 29.2 Å². The lowest BCUT2D eigenvalue weighted by atomic mass is 10.0. The van der Waals surface area contributed by atoms with Crippen molar-refractivity contribution in [2.45, 2.75) is 204 Å². The van der Waals surface area contributed by atoms with E-state index in [1.165, 1.54) is 32.6 Å². The molecule has 31 nitrogen and oxygen atoms in total. The maximum absolute atomic E-state index is 12.6. The summed E-state index contributed by atoms with van der Waals surface area (Å²) in [5.41, 5.74) is 0. The molecular weight excluding hydrogens is 1180 g/mol. The van der Waals surface area contributed by atoms with Crippen LogP contribution in [0.2, 0.25) is 0 Å². The predicted molar refractivity (Wildman–Crippen MR) is 319 cm³/mol. The molecule has 0 bridgehead atoms. The molecule has 7 amide bonds. The minimum absolute atomic E-state index is 0.0232. The van der Waals surface area contributed by atoms with Crippen LogP contribution in [0, 0.1) is 0 Å². The Morgan fingerprint density at radius 3 is 1.20 bits per heavy atom. The number of ether oxygens (including phenoxy) is 4. The summed E-state index contributed by atoms with van der Waals surface area (Å²) in [6.07, 6.45) is 13.4. The van der Waals surface area contributed by atoms with Crippen molar-refractivity contribution in [1.82, 2.24) is 46.7 Å². The monoisotopic (exact) mass is 1280 g/mol. The minimum atomic E-state index is -1.42. The molecule has 0 aliphatic carbocycles. The number of carboxylic acid groups (broad SMARTS) is 5. The molecule has 88 heavy (non-hydrogen) atoms. The molecule has 0 fully saturated rings. The maximum Gasteiger partial charge on any atom is 0.326 e. The van der Waals surface area contributed by atoms with Crippen LogP contribution in [-0.4, -0.2) is 218 Å². The first-order valence-corrected chi connectivity index (χ1v) is 31.1. The average Bonchev–Trinajstić information content (AvgIpc) is 3.52. The zero-order valence-corrected chi connectivity index (χ0v) is 51.9. The highest BCUT2D eigenvalue weighted by Crippen LogP contribution is 2.15. The standard InChI is InChI=1S/C56H99N9O22S/c1-39(66)51(56(82)83)64-88-65-52(75)40(57-2)19-17-18-28-58-44(67)25-23-43(55(80)81)63-49(72)38-87-36-34-85-32-30-60-48(71)37-86-35-33-84-31-29-59-45(68)26-22-41(53(76)77)62-47(70)27-24-42(54(78)79)61-46(69)20-15-13-11-9-7-5-3-4-6-8-10-12-14-16-21-50(73)74/h39-43,51,57,64,66H,3-38H2,1-2H3,(H,58,67)(H,59,68)(H,60,71)(H,61,69)(H,62,70)(H,63,72)(H,65,75)(H,73,74)(H,76,77)(H,78,79)(H,80,81)(H,82,83)/t39-,40+,41+,42+,43+,51+/m1/s1. The van der Waals surface area contributed by atoms with Crippen molar-refractivity contribution < 1.29 is 107 Å². The van der Waals surface area contributed by atoms with Gasteiger partial charge in [0.05, 0.1) is 51.8 Å². The zero-order chi connectivity index (χ0) is 65.7. The molecule has 32 heteroatoms. The van der Waals surface area contributed by atoms with Crippen LogP contribution < -0.4 is 46.7 Å². The molecule has 0 radical (unpaired) electrons. The Morgan fingerprint density at radius 2 is 0.773 bits per heavy atom. The van der Waals surface area contributed by atoms with Gasteiger partial charge in [-0.25, -0.2) is 19.1 Å². The highest BCUT2D eigenvalue weighted by molar-refractivity contribution is 7.96. The van der Waals surface area contributed by atoms with Gasteiger partial charge in [-0.15, -0.1) is 0 Å². The number of likely N-dealkylation sites (N-methyl/N-ethyl adjacent to an activating group) is 1. The van der Waals surface area contributed by atoms with Gasteiger partial charge in [-0.2, -0.15) is 0 Å². The summed E-state index contributed by atoms with van der Waals surface area (Å²) >= 11 is 0.638. The number of aliphatic carboxylic acids is 5. The lowest BCUT2D eigenvalue weighted by Gasteiger charge is -2.18. The second-order valence-electron chi connectivity index (χ2n) is 20.8. The van der Waals surface area contributed by atoms with Crippen LogP contribution in [0.1, 0.15) is 167 Å². The number of aliphatic hydroxyl groups is 1. The van der Waals surface area contributed by atoms with E-state index in [2.05, 4.69) is 46.7 Å². The van der Waals surface area contributed by atoms with Gasteiger partial charge in [-0.1, -0.05) is 77.0 Å². The van der Waals surface area contributed by atoms with E-state index in [0.29, 0.717) is 37.8 Å². The quantitative estimate of drug-likeness (QED) is 0.0293. The van der Waals surface area contributed by atoms with Gasteiger partial charge in [-0.3, -0.25) is 47.9 Å². The molecule has 0 heterocycles. The molecular formula is C56H99N9O22S. The van der Waals surface area contributed by atoms with Crippen molar-refractivity contribution >= 4 is 83.3 Å². The maximum atomic E-state index is 12.6. The van der Waals surface area contributed by atoms with Crippen LogP contribution in [0.15, 0.2) is 0 Å². The molecule has 0 saturated carbocycles. The summed E-state index contributed by atoms with van der Waals surface area (Å²) in [5, 5.41) is 73.7. The molecule has 0 aliphatic rings. The van der Waals surface area contributed by atoms with E-state index in [9.17, 15) is 78.0 Å². The summed E-state index contributed by atoms with van der Waals surface area (Å²) in [5.74, 6) is -9.83. The number of carboxylic acids is 5. The molecule has 0 aromatic rings. The number of nitrogens with one attached hydrogen (secondary N) is 9. The predicted octanol–water partition coefficient (Wildman–Crippen LogP) is 0.638. The number of rotatable bonds is 60. The highest BCUT2D eigenvalue weighted by Gasteiger charge is 2.27. The van der Waals surface area contributed by atoms with Gasteiger partial charge in [0.25, 0.3) is 0 Å². The van der Waals surface area contributed by atoms with E-state index in [1.807, 2.05) is 0 Å². The van der Waals surface area contributed by atoms with Crippen LogP contribution >= 0.6 is 12.1 Å². The van der Waals surface area contributed by atoms with Crippen LogP contribution in [0.5, 0.6) is 0 Å². The third-order valence-electron chi connectivity index (χ3n) is 13.3. The molecule has 0 aromatic heterocycles. The Balaban J connectivity index is 4.06. The van der Waals surface area contributed by atoms with Crippen molar-refractivity contribution in [3.8, 4) is 0 Å². The van der Waals surface area contributed by atoms with Gasteiger partial charge < -0.3 is 86.8 Å². The Hall–Kier alpha value is -6.29. The molecule has 0 unspecified atom stereocenters. The third kappa shape index (κ3) is 47.7. The van der Waals surface area contributed by atoms with E-state index in [0.717, 1.165) is 57.8 Å². The van der Waals surface area contributed by atoms with Gasteiger partial charge in [-0.05, 0) is 65.3 Å². The fraction of sp³-hybridized carbons (Fsp3) is 0.786. The summed E-state index contributed by atoms with van der Waals surface area (Å²) in [6.45, 7) is 1.33. The summed E-state index contributed by atoms with van der Waals surface area (Å²) in [4.78, 5) is 143. The van der Waals surface area contributed by atoms with E-state index < -0.39 is 114 Å². The second kappa shape index (κ2) is 53.7. The minimum Gasteiger partial charge on any atom is -0.481 e. The lowest BCUT2D eigenvalue weighted by Crippen LogP contribution is -2.45. The molecule has 15 N–H and O–H groups in total. The summed E-state index contributed by atoms with van der Waals surface area (Å²) in [6, 6.07) is -6.03. The van der Waals surface area contributed by atoms with E-state index in [-0.39, 0.29) is 117 Å². The highest BCUT2D eigenvalue weighted by atomic mass is 32.2. The summed E-state index contributed by atoms with van der Waals surface area (Å²) < 4.78 is 26.1. The third-order valence-corrected chi connectivity index (χ3v) is 13.9. The SMILES string of the molecule is CN[C@@H](CCCCNC(=O)CC[C@H](NC(=O)COCCOCCNC(=O)COCCOCCNC(=O)CC[C@H](NC(=O)CC[C@H](NC(=O)CCCCCCCCCCCCCCCCC(=O)O)C(=O)O)C(=O)O)C(=O)O)C(=O)NSN[C@H](C(=O)O)[C@@H](C)O. The van der Waals surface area contributed by atoms with Gasteiger partial charge in [0.2, 0.25) is 41.4 Å². The molecule has 0 spiro atoms. The molecule has 0 saturated heterocycles. The smallest absolute Gasteiger partial charge is 0.326 e. The van der Waals surface area contributed by atoms with Crippen molar-refractivity contribution in [2.75, 3.05) is 79.5 Å². The molecule has 0 aliphatic heterocycles. The largest absolute Gasteiger partial charge is 0.481 e. The molecule has 0 aromatic carbocycles. The van der Waals surface area contributed by atoms with Crippen molar-refractivity contribution in [3.63, 3.8) is 0 Å². The van der Waals surface area contributed by atoms with Crippen LogP contribution in [0.25, 0.3) is 0 Å². The van der Waals surface area contributed by atoms with Crippen LogP contribution in [-0.2, 0) is 76.5 Å². The molecule has 0 rings (SSSR count). The number of hydrogen-bond acceptors (Lipinski definition) is 20. The number of carbonyl (C=O) groups excluding carboxylic acids is 7. The van der Waals surface area contributed by atoms with Gasteiger partial charge in [0.15, 0.2) is 0 Å². The Morgan fingerprint density at radius 1 is 0.386 bits per heavy atom. The molecule has 6 atom stereocenters. The molecule has 506 valence electrons. The summed E-state index contributed by atoms with van der Waals surface area (Å²) in [7, 11) is 1.57. The lowest BCUT2D eigenvalue weighted by molar-refractivity contribution is -0.143. The Labute approximate surface area is 518 Å². The zero-order valence-electron chi connectivity index (χ0n) is 51.0. The van der Waals surface area contributed by atoms with Crippen molar-refractivity contribution in [2.24, 2.45) is 0 Å². The topological polar surface area (TPSA) is 471 Å². The fourth-order valence-electron chi connectivity index (χ4n) is 8.25. The second-order valence-corrected chi connectivity index (χ2v) is 21.4. The fourth-order valence-corrected chi connectivity index (χ4v) is 8.98. The van der Waals surface area contributed by atoms with E-state index in [1.54, 1.807) is 7.05 Å². The van der Waals surface area contributed by atoms with Crippen molar-refractivity contribution in [3.05, 3.63) is 0 Å². The van der Waals surface area contributed by atoms with E-state index >= 15 is 0 Å². The number of hydrogen-bond donors (Lipinski definition) is 15. The first-order chi connectivity index (χ1) is 42.1. The van der Waals surface area contributed by atoms with Crippen LogP contribution in [0.4, 0.5) is 0 Å². The number of aliphatic hydroxyl groups excluding tert-OH is 1. The van der Waals surface area contributed by atoms with Crippen LogP contribution in [0.3, 0.4) is 0 Å². The Bertz CT molecular complexity index is 2060. The number of carbonyl (C=O) groups is 12. The van der Waals surface area contributed by atoms with Gasteiger partial charge in [0, 0.05) is 63.9 Å². The Kier molecular flexibility index (Phi) is 49.9. The number of amides is 7.